The highest BCUT2D eigenvalue weighted by Gasteiger charge is 2.17. The maximum absolute atomic E-state index is 11.9. The number of nitrogens with one attached hydrogen (secondary N) is 1. The number of rotatable bonds is 6. The third-order valence-electron chi connectivity index (χ3n) is 3.28. The van der Waals surface area contributed by atoms with E-state index in [2.05, 4.69) is 5.32 Å². The van der Waals surface area contributed by atoms with Gasteiger partial charge in [-0.3, -0.25) is 9.59 Å². The van der Waals surface area contributed by atoms with Gasteiger partial charge in [0.25, 0.3) is 5.91 Å². The molecule has 0 bridgehead atoms. The molecule has 1 amide bonds. The molecular formula is C17H25NO3. The molecule has 21 heavy (non-hydrogen) atoms. The van der Waals surface area contributed by atoms with Crippen molar-refractivity contribution in [3.8, 4) is 0 Å². The van der Waals surface area contributed by atoms with Gasteiger partial charge in [0.1, 0.15) is 0 Å². The number of esters is 1. The molecule has 0 radical (unpaired) electrons. The first-order valence-corrected chi connectivity index (χ1v) is 7.33. The Morgan fingerprint density at radius 1 is 1.14 bits per heavy atom. The fourth-order valence-electron chi connectivity index (χ4n) is 1.82. The molecule has 0 aliphatic heterocycles. The molecule has 0 heterocycles. The molecule has 0 fully saturated rings. The first kappa shape index (κ1) is 17.2. The van der Waals surface area contributed by atoms with Crippen molar-refractivity contribution in [2.24, 2.45) is 5.92 Å². The minimum atomic E-state index is -0.761. The highest BCUT2D eigenvalue weighted by molar-refractivity contribution is 5.83. The van der Waals surface area contributed by atoms with Gasteiger partial charge in [-0.1, -0.05) is 32.0 Å². The maximum Gasteiger partial charge on any atom is 0.311 e. The van der Waals surface area contributed by atoms with Gasteiger partial charge < -0.3 is 10.1 Å². The lowest BCUT2D eigenvalue weighted by molar-refractivity contribution is -0.154. The molecule has 0 aliphatic rings. The lowest BCUT2D eigenvalue weighted by Crippen LogP contribution is -2.37. The predicted molar refractivity (Wildman–Crippen MR) is 83.0 cm³/mol. The summed E-state index contributed by atoms with van der Waals surface area (Å²) in [5, 5.41) is 2.75. The minimum Gasteiger partial charge on any atom is -0.452 e. The van der Waals surface area contributed by atoms with Crippen LogP contribution in [0.5, 0.6) is 0 Å². The summed E-state index contributed by atoms with van der Waals surface area (Å²) in [6.07, 6.45) is -0.578. The molecule has 0 saturated heterocycles. The Bertz CT molecular complexity index is 509. The Kier molecular flexibility index (Phi) is 6.40. The highest BCUT2D eigenvalue weighted by atomic mass is 16.5. The summed E-state index contributed by atoms with van der Waals surface area (Å²) in [5.74, 6) is -0.269. The summed E-state index contributed by atoms with van der Waals surface area (Å²) in [6.45, 7) is 10.2. The van der Waals surface area contributed by atoms with Gasteiger partial charge in [-0.25, -0.2) is 0 Å². The van der Waals surface area contributed by atoms with Crippen molar-refractivity contribution in [3.63, 3.8) is 0 Å². The number of ether oxygens (including phenoxy) is 1. The molecule has 1 rings (SSSR count). The topological polar surface area (TPSA) is 55.4 Å². The first-order valence-electron chi connectivity index (χ1n) is 7.33. The van der Waals surface area contributed by atoms with Gasteiger partial charge in [-0.05, 0) is 43.4 Å². The second-order valence-corrected chi connectivity index (χ2v) is 5.87. The third kappa shape index (κ3) is 5.98. The van der Waals surface area contributed by atoms with Gasteiger partial charge in [0.05, 0.1) is 6.42 Å². The molecule has 0 aliphatic carbocycles. The van der Waals surface area contributed by atoms with E-state index in [0.717, 1.165) is 11.1 Å². The van der Waals surface area contributed by atoms with Crippen LogP contribution in [0, 0.1) is 19.8 Å². The molecule has 4 nitrogen and oxygen atoms in total. The highest BCUT2D eigenvalue weighted by Crippen LogP contribution is 2.11. The van der Waals surface area contributed by atoms with Crippen LogP contribution in [-0.4, -0.2) is 24.5 Å². The summed E-state index contributed by atoms with van der Waals surface area (Å²) in [5.41, 5.74) is 3.23. The molecular weight excluding hydrogens is 266 g/mol. The quantitative estimate of drug-likeness (QED) is 0.820. The summed E-state index contributed by atoms with van der Waals surface area (Å²) >= 11 is 0. The van der Waals surface area contributed by atoms with Gasteiger partial charge in [0.2, 0.25) is 0 Å². The van der Waals surface area contributed by atoms with Crippen molar-refractivity contribution >= 4 is 11.9 Å². The van der Waals surface area contributed by atoms with Crippen LogP contribution < -0.4 is 5.32 Å². The second kappa shape index (κ2) is 7.81. The van der Waals surface area contributed by atoms with E-state index >= 15 is 0 Å². The number of benzene rings is 1. The zero-order valence-electron chi connectivity index (χ0n) is 13.5. The zero-order valence-corrected chi connectivity index (χ0v) is 13.5. The number of amides is 1. The largest absolute Gasteiger partial charge is 0.452 e. The van der Waals surface area contributed by atoms with Crippen molar-refractivity contribution in [1.82, 2.24) is 5.32 Å². The van der Waals surface area contributed by atoms with Crippen LogP contribution in [0.2, 0.25) is 0 Å². The van der Waals surface area contributed by atoms with E-state index in [1.165, 1.54) is 5.56 Å². The van der Waals surface area contributed by atoms with E-state index in [1.807, 2.05) is 45.9 Å². The number of carbonyl (C=O) groups excluding carboxylic acids is 2. The third-order valence-corrected chi connectivity index (χ3v) is 3.28. The fourth-order valence-corrected chi connectivity index (χ4v) is 1.82. The first-order chi connectivity index (χ1) is 9.79. The average Bonchev–Trinajstić information content (AvgIpc) is 2.40. The molecule has 0 saturated carbocycles. The molecule has 0 aromatic heterocycles. The Morgan fingerprint density at radius 3 is 2.38 bits per heavy atom. The summed E-state index contributed by atoms with van der Waals surface area (Å²) in [7, 11) is 0. The van der Waals surface area contributed by atoms with E-state index in [4.69, 9.17) is 4.74 Å². The maximum atomic E-state index is 11.9. The zero-order chi connectivity index (χ0) is 16.0. The van der Waals surface area contributed by atoms with Crippen LogP contribution in [0.4, 0.5) is 0 Å². The fraction of sp³-hybridized carbons (Fsp3) is 0.529. The van der Waals surface area contributed by atoms with Gasteiger partial charge in [-0.2, -0.15) is 0 Å². The molecule has 0 spiro atoms. The van der Waals surface area contributed by atoms with Crippen LogP contribution in [0.3, 0.4) is 0 Å². The van der Waals surface area contributed by atoms with Crippen molar-refractivity contribution in [2.45, 2.75) is 47.1 Å². The summed E-state index contributed by atoms with van der Waals surface area (Å²) in [6, 6.07) is 5.86. The molecule has 116 valence electrons. The molecule has 1 N–H and O–H groups in total. The number of hydrogen-bond donors (Lipinski definition) is 1. The van der Waals surface area contributed by atoms with Gasteiger partial charge in [0, 0.05) is 6.54 Å². The van der Waals surface area contributed by atoms with Crippen molar-refractivity contribution in [2.75, 3.05) is 6.54 Å². The summed E-state index contributed by atoms with van der Waals surface area (Å²) < 4.78 is 5.17. The van der Waals surface area contributed by atoms with Crippen molar-refractivity contribution in [1.29, 1.82) is 0 Å². The Hall–Kier alpha value is -1.84. The monoisotopic (exact) mass is 291 g/mol. The number of carbonyl (C=O) groups is 2. The normalized spacial score (nSPS) is 12.1. The van der Waals surface area contributed by atoms with Gasteiger partial charge in [0.15, 0.2) is 6.10 Å². The van der Waals surface area contributed by atoms with Gasteiger partial charge >= 0.3 is 5.97 Å². The van der Waals surface area contributed by atoms with E-state index in [-0.39, 0.29) is 18.3 Å². The lowest BCUT2D eigenvalue weighted by Gasteiger charge is -2.14. The van der Waals surface area contributed by atoms with Crippen molar-refractivity contribution < 1.29 is 14.3 Å². The average molecular weight is 291 g/mol. The molecule has 1 aromatic rings. The van der Waals surface area contributed by atoms with Crippen LogP contribution in [0.15, 0.2) is 18.2 Å². The van der Waals surface area contributed by atoms with Crippen LogP contribution in [0.1, 0.15) is 37.5 Å². The van der Waals surface area contributed by atoms with E-state index < -0.39 is 6.10 Å². The lowest BCUT2D eigenvalue weighted by atomic mass is 10.0. The van der Waals surface area contributed by atoms with Crippen molar-refractivity contribution in [3.05, 3.63) is 34.9 Å². The number of hydrogen-bond acceptors (Lipinski definition) is 3. The van der Waals surface area contributed by atoms with Crippen LogP contribution in [-0.2, 0) is 20.7 Å². The van der Waals surface area contributed by atoms with Gasteiger partial charge in [-0.15, -0.1) is 0 Å². The second-order valence-electron chi connectivity index (χ2n) is 5.87. The van der Waals surface area contributed by atoms with E-state index in [1.54, 1.807) is 6.92 Å². The van der Waals surface area contributed by atoms with E-state index in [9.17, 15) is 9.59 Å². The Morgan fingerprint density at radius 2 is 1.81 bits per heavy atom. The standard InChI is InChI=1S/C17H25NO3/c1-11(2)10-18-17(20)14(5)21-16(19)9-15-7-6-12(3)13(4)8-15/h6-8,11,14H,9-10H2,1-5H3,(H,18,20)/t14-/m0/s1. The summed E-state index contributed by atoms with van der Waals surface area (Å²) in [4.78, 5) is 23.6. The SMILES string of the molecule is Cc1ccc(CC(=O)O[C@@H](C)C(=O)NCC(C)C)cc1C. The van der Waals surface area contributed by atoms with Crippen LogP contribution in [0.25, 0.3) is 0 Å². The smallest absolute Gasteiger partial charge is 0.311 e. The Balaban J connectivity index is 2.49. The minimum absolute atomic E-state index is 0.183. The van der Waals surface area contributed by atoms with Crippen LogP contribution >= 0.6 is 0 Å². The molecule has 1 aromatic carbocycles. The molecule has 4 heteroatoms. The molecule has 0 unspecified atom stereocenters. The number of aryl methyl sites for hydroxylation is 2. The Labute approximate surface area is 126 Å². The van der Waals surface area contributed by atoms with E-state index in [0.29, 0.717) is 12.5 Å². The predicted octanol–water partition coefficient (Wildman–Crippen LogP) is 2.55. The molecule has 1 atom stereocenters.